The highest BCUT2D eigenvalue weighted by atomic mass is 35.5. The maximum absolute atomic E-state index is 5.82. The predicted molar refractivity (Wildman–Crippen MR) is 60.5 cm³/mol. The molecule has 0 aromatic rings. The molecular formula is C12H19ClO3. The molecule has 3 rings (SSSR count). The van der Waals surface area contributed by atoms with Gasteiger partial charge >= 0.3 is 0 Å². The van der Waals surface area contributed by atoms with Crippen molar-refractivity contribution in [2.75, 3.05) is 12.5 Å². The molecule has 6 unspecified atom stereocenters. The first kappa shape index (κ1) is 11.3. The van der Waals surface area contributed by atoms with E-state index in [0.29, 0.717) is 30.4 Å². The summed E-state index contributed by atoms with van der Waals surface area (Å²) in [6.07, 6.45) is 2.67. The smallest absolute Gasteiger partial charge is 0.161 e. The number of fused-ring (bicyclic) bond motifs is 1. The molecule has 4 heteroatoms. The van der Waals surface area contributed by atoms with Crippen LogP contribution in [-0.4, -0.2) is 36.6 Å². The van der Waals surface area contributed by atoms with Crippen LogP contribution >= 0.6 is 11.6 Å². The highest BCUT2D eigenvalue weighted by Crippen LogP contribution is 2.53. The van der Waals surface area contributed by atoms with Gasteiger partial charge in [-0.15, -0.1) is 11.6 Å². The van der Waals surface area contributed by atoms with Gasteiger partial charge in [0, 0.05) is 5.92 Å². The summed E-state index contributed by atoms with van der Waals surface area (Å²) in [6.45, 7) is 5.11. The van der Waals surface area contributed by atoms with Crippen LogP contribution in [0.2, 0.25) is 0 Å². The van der Waals surface area contributed by atoms with Gasteiger partial charge < -0.3 is 14.2 Å². The second-order valence-corrected chi connectivity index (χ2v) is 5.92. The lowest BCUT2D eigenvalue weighted by atomic mass is 9.75. The van der Waals surface area contributed by atoms with Crippen molar-refractivity contribution in [2.45, 2.75) is 50.8 Å². The molecular weight excluding hydrogens is 228 g/mol. The predicted octanol–water partition coefficient (Wildman–Crippen LogP) is 2.17. The van der Waals surface area contributed by atoms with Gasteiger partial charge in [0.15, 0.2) is 6.29 Å². The number of rotatable bonds is 2. The van der Waals surface area contributed by atoms with Crippen LogP contribution in [-0.2, 0) is 14.2 Å². The van der Waals surface area contributed by atoms with Gasteiger partial charge in [-0.2, -0.15) is 0 Å². The fraction of sp³-hybridized carbons (Fsp3) is 1.00. The van der Waals surface area contributed by atoms with Crippen molar-refractivity contribution in [3.05, 3.63) is 0 Å². The van der Waals surface area contributed by atoms with Crippen LogP contribution in [0.4, 0.5) is 0 Å². The van der Waals surface area contributed by atoms with E-state index in [1.807, 2.05) is 0 Å². The Morgan fingerprint density at radius 2 is 2.25 bits per heavy atom. The molecule has 92 valence electrons. The number of ether oxygens (including phenoxy) is 3. The van der Waals surface area contributed by atoms with E-state index < -0.39 is 0 Å². The first-order chi connectivity index (χ1) is 7.62. The maximum Gasteiger partial charge on any atom is 0.161 e. The summed E-state index contributed by atoms with van der Waals surface area (Å²) < 4.78 is 17.3. The Hall–Kier alpha value is 0.170. The lowest BCUT2D eigenvalue weighted by molar-refractivity contribution is -0.116. The van der Waals surface area contributed by atoms with Crippen LogP contribution in [0.5, 0.6) is 0 Å². The van der Waals surface area contributed by atoms with E-state index >= 15 is 0 Å². The van der Waals surface area contributed by atoms with Gasteiger partial charge in [-0.3, -0.25) is 0 Å². The summed E-state index contributed by atoms with van der Waals surface area (Å²) in [4.78, 5) is 0. The van der Waals surface area contributed by atoms with Gasteiger partial charge in [0.2, 0.25) is 0 Å². The minimum atomic E-state index is -0.0688. The third-order valence-electron chi connectivity index (χ3n) is 4.29. The molecule has 0 aromatic heterocycles. The standard InChI is InChI=1S/C12H19ClO3/c1-7-3-10-12(2,16-10)4-9(7)11-14-6-8(5-13)15-11/h7-11H,3-6H2,1-2H3. The summed E-state index contributed by atoms with van der Waals surface area (Å²) in [5.74, 6) is 1.59. The van der Waals surface area contributed by atoms with E-state index in [2.05, 4.69) is 13.8 Å². The minimum Gasteiger partial charge on any atom is -0.366 e. The van der Waals surface area contributed by atoms with Crippen LogP contribution < -0.4 is 0 Å². The zero-order valence-corrected chi connectivity index (χ0v) is 10.6. The average molecular weight is 247 g/mol. The zero-order chi connectivity index (χ0) is 11.3. The molecule has 0 aromatic carbocycles. The SMILES string of the molecule is CC1CC2OC2(C)CC1C1OCC(CCl)O1. The maximum atomic E-state index is 5.82. The third-order valence-corrected chi connectivity index (χ3v) is 4.63. The quantitative estimate of drug-likeness (QED) is 0.553. The first-order valence-corrected chi connectivity index (χ1v) is 6.66. The normalized spacial score (nSPS) is 56.1. The molecule has 3 nitrogen and oxygen atoms in total. The molecule has 0 spiro atoms. The van der Waals surface area contributed by atoms with Gasteiger partial charge in [-0.1, -0.05) is 6.92 Å². The largest absolute Gasteiger partial charge is 0.366 e. The van der Waals surface area contributed by atoms with Crippen LogP contribution in [0.25, 0.3) is 0 Å². The molecule has 1 aliphatic carbocycles. The van der Waals surface area contributed by atoms with Crippen molar-refractivity contribution in [3.8, 4) is 0 Å². The summed E-state index contributed by atoms with van der Waals surface area (Å²) in [6, 6.07) is 0. The summed E-state index contributed by atoms with van der Waals surface area (Å²) in [5.41, 5.74) is 0.100. The Bertz CT molecular complexity index is 285. The van der Waals surface area contributed by atoms with Gasteiger partial charge in [-0.25, -0.2) is 0 Å². The highest BCUT2D eigenvalue weighted by Gasteiger charge is 2.59. The molecule has 3 aliphatic rings. The topological polar surface area (TPSA) is 31.0 Å². The van der Waals surface area contributed by atoms with E-state index in [9.17, 15) is 0 Å². The van der Waals surface area contributed by atoms with Crippen LogP contribution in [0.15, 0.2) is 0 Å². The number of alkyl halides is 1. The van der Waals surface area contributed by atoms with Crippen molar-refractivity contribution in [1.29, 1.82) is 0 Å². The van der Waals surface area contributed by atoms with Crippen LogP contribution in [0.3, 0.4) is 0 Å². The van der Waals surface area contributed by atoms with E-state index in [1.165, 1.54) is 0 Å². The molecule has 0 radical (unpaired) electrons. The average Bonchev–Trinajstić information content (AvgIpc) is 2.74. The van der Waals surface area contributed by atoms with Crippen molar-refractivity contribution >= 4 is 11.6 Å². The molecule has 0 amide bonds. The molecule has 6 atom stereocenters. The molecule has 2 aliphatic heterocycles. The first-order valence-electron chi connectivity index (χ1n) is 6.13. The third kappa shape index (κ3) is 1.78. The minimum absolute atomic E-state index is 0.0688. The van der Waals surface area contributed by atoms with Crippen molar-refractivity contribution in [3.63, 3.8) is 0 Å². The molecule has 0 N–H and O–H groups in total. The Balaban J connectivity index is 1.65. The highest BCUT2D eigenvalue weighted by molar-refractivity contribution is 6.18. The van der Waals surface area contributed by atoms with Gasteiger partial charge in [0.05, 0.1) is 30.3 Å². The zero-order valence-electron chi connectivity index (χ0n) is 9.82. The number of halogens is 1. The molecule has 0 bridgehead atoms. The molecule has 2 heterocycles. The van der Waals surface area contributed by atoms with E-state index in [-0.39, 0.29) is 18.0 Å². The second kappa shape index (κ2) is 3.84. The lowest BCUT2D eigenvalue weighted by Crippen LogP contribution is -2.37. The molecule has 16 heavy (non-hydrogen) atoms. The van der Waals surface area contributed by atoms with Gasteiger partial charge in [-0.05, 0) is 25.7 Å². The molecule has 3 fully saturated rings. The Morgan fingerprint density at radius 1 is 1.44 bits per heavy atom. The van der Waals surface area contributed by atoms with Gasteiger partial charge in [0.1, 0.15) is 0 Å². The second-order valence-electron chi connectivity index (χ2n) is 5.61. The van der Waals surface area contributed by atoms with E-state index in [0.717, 1.165) is 12.8 Å². The lowest BCUT2D eigenvalue weighted by Gasteiger charge is -2.32. The number of epoxide rings is 1. The fourth-order valence-electron chi connectivity index (χ4n) is 3.09. The molecule has 1 saturated carbocycles. The monoisotopic (exact) mass is 246 g/mol. The van der Waals surface area contributed by atoms with Crippen molar-refractivity contribution in [1.82, 2.24) is 0 Å². The number of hydrogen-bond donors (Lipinski definition) is 0. The Morgan fingerprint density at radius 3 is 2.94 bits per heavy atom. The van der Waals surface area contributed by atoms with E-state index in [1.54, 1.807) is 0 Å². The summed E-state index contributed by atoms with van der Waals surface area (Å²) >= 11 is 5.78. The van der Waals surface area contributed by atoms with Crippen molar-refractivity contribution < 1.29 is 14.2 Å². The Kier molecular flexibility index (Phi) is 2.70. The molecule has 2 saturated heterocycles. The fourth-order valence-corrected chi connectivity index (χ4v) is 3.25. The van der Waals surface area contributed by atoms with Crippen molar-refractivity contribution in [2.24, 2.45) is 11.8 Å². The van der Waals surface area contributed by atoms with E-state index in [4.69, 9.17) is 25.8 Å². The van der Waals surface area contributed by atoms with Gasteiger partial charge in [0.25, 0.3) is 0 Å². The Labute approximate surface area is 101 Å². The van der Waals surface area contributed by atoms with Crippen LogP contribution in [0, 0.1) is 11.8 Å². The number of hydrogen-bond acceptors (Lipinski definition) is 3. The summed E-state index contributed by atoms with van der Waals surface area (Å²) in [7, 11) is 0. The summed E-state index contributed by atoms with van der Waals surface area (Å²) in [5, 5.41) is 0. The van der Waals surface area contributed by atoms with Crippen LogP contribution in [0.1, 0.15) is 26.7 Å².